The van der Waals surface area contributed by atoms with E-state index in [-0.39, 0.29) is 11.4 Å². The van der Waals surface area contributed by atoms with E-state index in [1.54, 1.807) is 24.8 Å². The van der Waals surface area contributed by atoms with Crippen molar-refractivity contribution in [2.45, 2.75) is 29.4 Å². The first-order valence-electron chi connectivity index (χ1n) is 4.03. The fourth-order valence-electron chi connectivity index (χ4n) is 0.743. The normalized spacial score (nSPS) is 15.3. The number of hydrogen-bond acceptors (Lipinski definition) is 4. The summed E-state index contributed by atoms with van der Waals surface area (Å²) in [7, 11) is 0. The highest BCUT2D eigenvalue weighted by atomic mass is 32.2. The van der Waals surface area contributed by atoms with E-state index in [9.17, 15) is 9.90 Å². The minimum absolute atomic E-state index is 0.165. The number of thiophene rings is 1. The largest absolute Gasteiger partial charge is 0.392 e. The van der Waals surface area contributed by atoms with Gasteiger partial charge < -0.3 is 5.11 Å². The second-order valence-corrected chi connectivity index (χ2v) is 5.63. The van der Waals surface area contributed by atoms with Crippen LogP contribution in [0.25, 0.3) is 0 Å². The van der Waals surface area contributed by atoms with Crippen molar-refractivity contribution in [2.24, 2.45) is 0 Å². The molecule has 0 aromatic carbocycles. The lowest BCUT2D eigenvalue weighted by molar-refractivity contribution is 0.112. The maximum atomic E-state index is 10.4. The molecule has 13 heavy (non-hydrogen) atoms. The lowest BCUT2D eigenvalue weighted by Crippen LogP contribution is -2.14. The van der Waals surface area contributed by atoms with E-state index in [0.29, 0.717) is 0 Å². The van der Waals surface area contributed by atoms with Crippen LogP contribution in [-0.2, 0) is 0 Å². The van der Waals surface area contributed by atoms with Crippen LogP contribution in [0.5, 0.6) is 0 Å². The zero-order chi connectivity index (χ0) is 9.84. The summed E-state index contributed by atoms with van der Waals surface area (Å²) in [6.07, 6.45) is 0.522. The molecule has 1 heterocycles. The van der Waals surface area contributed by atoms with Gasteiger partial charge in [-0.2, -0.15) is 0 Å². The maximum Gasteiger partial charge on any atom is 0.160 e. The number of carbonyl (C=O) groups excluding carboxylic acids is 1. The van der Waals surface area contributed by atoms with Crippen molar-refractivity contribution < 1.29 is 9.90 Å². The van der Waals surface area contributed by atoms with Gasteiger partial charge in [-0.15, -0.1) is 23.1 Å². The zero-order valence-corrected chi connectivity index (χ0v) is 9.19. The predicted molar refractivity (Wildman–Crippen MR) is 56.7 cm³/mol. The lowest BCUT2D eigenvalue weighted by atomic mass is 10.3. The SMILES string of the molecule is CC(O)C(C)Sc1ccc(C=O)s1. The Balaban J connectivity index is 2.58. The number of thioether (sulfide) groups is 1. The molecule has 2 nitrogen and oxygen atoms in total. The van der Waals surface area contributed by atoms with Gasteiger partial charge in [0.15, 0.2) is 6.29 Å². The van der Waals surface area contributed by atoms with Gasteiger partial charge in [0.1, 0.15) is 0 Å². The van der Waals surface area contributed by atoms with Crippen LogP contribution < -0.4 is 0 Å². The van der Waals surface area contributed by atoms with Crippen molar-refractivity contribution in [1.29, 1.82) is 0 Å². The molecule has 0 radical (unpaired) electrons. The Morgan fingerprint density at radius 3 is 2.69 bits per heavy atom. The Labute approximate surface area is 86.0 Å². The molecule has 0 saturated carbocycles. The fourth-order valence-corrected chi connectivity index (χ4v) is 2.94. The summed E-state index contributed by atoms with van der Waals surface area (Å²) < 4.78 is 1.08. The molecule has 72 valence electrons. The van der Waals surface area contributed by atoms with Crippen LogP contribution >= 0.6 is 23.1 Å². The van der Waals surface area contributed by atoms with Crippen molar-refractivity contribution in [3.8, 4) is 0 Å². The van der Waals surface area contributed by atoms with Crippen molar-refractivity contribution in [3.63, 3.8) is 0 Å². The molecule has 1 aromatic rings. The van der Waals surface area contributed by atoms with Crippen LogP contribution in [0, 0.1) is 0 Å². The van der Waals surface area contributed by atoms with E-state index >= 15 is 0 Å². The number of hydrogen-bond donors (Lipinski definition) is 1. The van der Waals surface area contributed by atoms with Gasteiger partial charge in [0.25, 0.3) is 0 Å². The molecule has 0 aliphatic heterocycles. The monoisotopic (exact) mass is 216 g/mol. The quantitative estimate of drug-likeness (QED) is 0.620. The molecule has 0 saturated heterocycles. The van der Waals surface area contributed by atoms with Crippen LogP contribution in [0.2, 0.25) is 0 Å². The lowest BCUT2D eigenvalue weighted by Gasteiger charge is -2.11. The molecule has 4 heteroatoms. The molecule has 0 bridgehead atoms. The second-order valence-electron chi connectivity index (χ2n) is 2.84. The summed E-state index contributed by atoms with van der Waals surface area (Å²) in [5.41, 5.74) is 0. The molecule has 1 rings (SSSR count). The maximum absolute atomic E-state index is 10.4. The number of aldehydes is 1. The van der Waals surface area contributed by atoms with Gasteiger partial charge in [0.05, 0.1) is 15.2 Å². The topological polar surface area (TPSA) is 37.3 Å². The molecule has 0 aliphatic rings. The smallest absolute Gasteiger partial charge is 0.160 e. The van der Waals surface area contributed by atoms with E-state index in [2.05, 4.69) is 0 Å². The van der Waals surface area contributed by atoms with E-state index in [4.69, 9.17) is 0 Å². The minimum Gasteiger partial charge on any atom is -0.392 e. The Bertz CT molecular complexity index is 281. The summed E-state index contributed by atoms with van der Waals surface area (Å²) in [4.78, 5) is 11.1. The molecule has 0 spiro atoms. The standard InChI is InChI=1S/C9H12O2S2/c1-6(11)7(2)12-9-4-3-8(5-10)13-9/h3-7,11H,1-2H3. The van der Waals surface area contributed by atoms with Gasteiger partial charge in [-0.1, -0.05) is 6.92 Å². The number of rotatable bonds is 4. The average molecular weight is 216 g/mol. The Morgan fingerprint density at radius 2 is 2.23 bits per heavy atom. The van der Waals surface area contributed by atoms with E-state index in [0.717, 1.165) is 15.4 Å². The van der Waals surface area contributed by atoms with Gasteiger partial charge >= 0.3 is 0 Å². The molecule has 2 unspecified atom stereocenters. The molecule has 1 N–H and O–H groups in total. The Morgan fingerprint density at radius 1 is 1.54 bits per heavy atom. The summed E-state index contributed by atoms with van der Waals surface area (Å²) in [6.45, 7) is 3.74. The van der Waals surface area contributed by atoms with Crippen molar-refractivity contribution >= 4 is 29.4 Å². The summed E-state index contributed by atoms with van der Waals surface area (Å²) in [5, 5.41) is 9.43. The third-order valence-corrected chi connectivity index (χ3v) is 4.18. The van der Waals surface area contributed by atoms with Gasteiger partial charge in [-0.05, 0) is 19.1 Å². The van der Waals surface area contributed by atoms with Gasteiger partial charge in [0.2, 0.25) is 0 Å². The van der Waals surface area contributed by atoms with Crippen molar-refractivity contribution in [1.82, 2.24) is 0 Å². The highest BCUT2D eigenvalue weighted by molar-refractivity contribution is 8.01. The van der Waals surface area contributed by atoms with Crippen molar-refractivity contribution in [3.05, 3.63) is 17.0 Å². The molecular formula is C9H12O2S2. The van der Waals surface area contributed by atoms with Gasteiger partial charge in [0, 0.05) is 5.25 Å². The predicted octanol–water partition coefficient (Wildman–Crippen LogP) is 2.42. The van der Waals surface area contributed by atoms with Crippen LogP contribution in [0.3, 0.4) is 0 Å². The average Bonchev–Trinajstić information content (AvgIpc) is 2.52. The van der Waals surface area contributed by atoms with Gasteiger partial charge in [-0.25, -0.2) is 0 Å². The van der Waals surface area contributed by atoms with Crippen LogP contribution in [-0.4, -0.2) is 22.7 Å². The van der Waals surface area contributed by atoms with Gasteiger partial charge in [-0.3, -0.25) is 4.79 Å². The third kappa shape index (κ3) is 3.14. The highest BCUT2D eigenvalue weighted by Crippen LogP contribution is 2.30. The van der Waals surface area contributed by atoms with E-state index in [1.165, 1.54) is 11.3 Å². The number of carbonyl (C=O) groups is 1. The summed E-state index contributed by atoms with van der Waals surface area (Å²) >= 11 is 3.06. The fraction of sp³-hybridized carbons (Fsp3) is 0.444. The summed E-state index contributed by atoms with van der Waals surface area (Å²) in [6, 6.07) is 3.71. The molecular weight excluding hydrogens is 204 g/mol. The number of aliphatic hydroxyl groups is 1. The minimum atomic E-state index is -0.327. The highest BCUT2D eigenvalue weighted by Gasteiger charge is 2.11. The molecule has 2 atom stereocenters. The summed E-state index contributed by atoms with van der Waals surface area (Å²) in [5.74, 6) is 0. The van der Waals surface area contributed by atoms with Crippen LogP contribution in [0.1, 0.15) is 23.5 Å². The molecule has 0 aliphatic carbocycles. The second kappa shape index (κ2) is 4.79. The van der Waals surface area contributed by atoms with Crippen molar-refractivity contribution in [2.75, 3.05) is 0 Å². The molecule has 1 aromatic heterocycles. The third-order valence-electron chi connectivity index (χ3n) is 1.70. The van der Waals surface area contributed by atoms with Crippen LogP contribution in [0.4, 0.5) is 0 Å². The zero-order valence-electron chi connectivity index (χ0n) is 7.56. The Hall–Kier alpha value is -0.320. The first kappa shape index (κ1) is 10.8. The number of aliphatic hydroxyl groups excluding tert-OH is 1. The van der Waals surface area contributed by atoms with Crippen LogP contribution in [0.15, 0.2) is 16.3 Å². The molecule has 0 fully saturated rings. The first-order chi connectivity index (χ1) is 6.13. The Kier molecular flexibility index (Phi) is 3.96. The van der Waals surface area contributed by atoms with E-state index in [1.807, 2.05) is 13.0 Å². The van der Waals surface area contributed by atoms with E-state index < -0.39 is 0 Å². The molecule has 0 amide bonds. The first-order valence-corrected chi connectivity index (χ1v) is 5.73.